The van der Waals surface area contributed by atoms with Crippen LogP contribution >= 0.6 is 0 Å². The number of aromatic nitrogens is 4. The van der Waals surface area contributed by atoms with Gasteiger partial charge in [-0.15, -0.1) is 5.10 Å². The summed E-state index contributed by atoms with van der Waals surface area (Å²) in [5.41, 5.74) is 1.87. The van der Waals surface area contributed by atoms with Crippen molar-refractivity contribution >= 4 is 17.6 Å². The van der Waals surface area contributed by atoms with Crippen molar-refractivity contribution in [2.45, 2.75) is 0 Å². The van der Waals surface area contributed by atoms with E-state index in [2.05, 4.69) is 20.4 Å². The van der Waals surface area contributed by atoms with Crippen molar-refractivity contribution in [1.29, 1.82) is 0 Å². The average molecular weight is 330 g/mol. The molecular formula is C15H15FN6O2. The predicted molar refractivity (Wildman–Crippen MR) is 85.3 cm³/mol. The first-order chi connectivity index (χ1) is 11.5. The molecule has 0 fully saturated rings. The average Bonchev–Trinajstić information content (AvgIpc) is 2.98. The molecule has 3 heterocycles. The van der Waals surface area contributed by atoms with Crippen molar-refractivity contribution in [2.24, 2.45) is 0 Å². The molecule has 3 aromatic rings. The lowest BCUT2D eigenvalue weighted by Gasteiger charge is -2.13. The van der Waals surface area contributed by atoms with E-state index in [4.69, 9.17) is 5.11 Å². The summed E-state index contributed by atoms with van der Waals surface area (Å²) in [6, 6.07) is 6.51. The molecule has 0 saturated carbocycles. The number of carboxylic acid groups (broad SMARTS) is 1. The summed E-state index contributed by atoms with van der Waals surface area (Å²) in [7, 11) is 1.49. The van der Waals surface area contributed by atoms with Gasteiger partial charge in [-0.25, -0.2) is 19.3 Å². The van der Waals surface area contributed by atoms with Crippen LogP contribution in [0.1, 0.15) is 0 Å². The maximum absolute atomic E-state index is 13.3. The van der Waals surface area contributed by atoms with Gasteiger partial charge in [0.1, 0.15) is 5.82 Å². The lowest BCUT2D eigenvalue weighted by atomic mass is 10.2. The molecule has 0 aromatic carbocycles. The van der Waals surface area contributed by atoms with Crippen LogP contribution in [0.2, 0.25) is 0 Å². The van der Waals surface area contributed by atoms with Crippen molar-refractivity contribution in [3.05, 3.63) is 42.6 Å². The van der Waals surface area contributed by atoms with Crippen LogP contribution in [0.3, 0.4) is 0 Å². The van der Waals surface area contributed by atoms with Gasteiger partial charge in [0.15, 0.2) is 5.65 Å². The van der Waals surface area contributed by atoms with E-state index < -0.39 is 12.0 Å². The number of likely N-dealkylation sites (N-methyl/N-ethyl adjacent to an activating group) is 1. The third-order valence-electron chi connectivity index (χ3n) is 3.46. The van der Waals surface area contributed by atoms with E-state index in [1.165, 1.54) is 24.2 Å². The number of pyridine rings is 1. The topological polar surface area (TPSA) is 95.6 Å². The lowest BCUT2D eigenvalue weighted by Crippen LogP contribution is -2.30. The van der Waals surface area contributed by atoms with E-state index in [1.807, 2.05) is 0 Å². The normalized spacial score (nSPS) is 10.8. The number of hydrogen-bond donors (Lipinski definition) is 2. The number of halogens is 1. The molecule has 0 atom stereocenters. The molecule has 0 radical (unpaired) electrons. The van der Waals surface area contributed by atoms with E-state index in [9.17, 15) is 9.18 Å². The lowest BCUT2D eigenvalue weighted by molar-refractivity contribution is 0.157. The van der Waals surface area contributed by atoms with Crippen LogP contribution in [0.25, 0.3) is 16.9 Å². The first-order valence-corrected chi connectivity index (χ1v) is 7.19. The Morgan fingerprint density at radius 2 is 2.21 bits per heavy atom. The van der Waals surface area contributed by atoms with Crippen LogP contribution in [0.4, 0.5) is 15.0 Å². The summed E-state index contributed by atoms with van der Waals surface area (Å²) in [6.07, 6.45) is 2.00. The van der Waals surface area contributed by atoms with Crippen molar-refractivity contribution < 1.29 is 14.3 Å². The summed E-state index contributed by atoms with van der Waals surface area (Å²) in [5.74, 6) is -0.0106. The SMILES string of the molecule is CN(CCNc1ccc2ncc(-c3ccnc(F)c3)n2n1)C(=O)O. The minimum atomic E-state index is -0.989. The van der Waals surface area contributed by atoms with Gasteiger partial charge in [0.25, 0.3) is 0 Å². The summed E-state index contributed by atoms with van der Waals surface area (Å²) < 4.78 is 14.9. The fourth-order valence-electron chi connectivity index (χ4n) is 2.17. The molecule has 0 saturated heterocycles. The molecule has 0 aliphatic rings. The van der Waals surface area contributed by atoms with Gasteiger partial charge in [0.05, 0.1) is 11.9 Å². The van der Waals surface area contributed by atoms with Gasteiger partial charge in [-0.2, -0.15) is 4.39 Å². The van der Waals surface area contributed by atoms with Gasteiger partial charge in [0, 0.05) is 38.0 Å². The highest BCUT2D eigenvalue weighted by atomic mass is 19.1. The molecule has 3 rings (SSSR count). The molecule has 2 N–H and O–H groups in total. The highest BCUT2D eigenvalue weighted by molar-refractivity contribution is 5.64. The van der Waals surface area contributed by atoms with E-state index >= 15 is 0 Å². The number of fused-ring (bicyclic) bond motifs is 1. The molecule has 0 aliphatic carbocycles. The Morgan fingerprint density at radius 1 is 1.38 bits per heavy atom. The third kappa shape index (κ3) is 3.24. The smallest absolute Gasteiger partial charge is 0.407 e. The van der Waals surface area contributed by atoms with Gasteiger partial charge in [-0.05, 0) is 18.2 Å². The Bertz CT molecular complexity index is 881. The van der Waals surface area contributed by atoms with Gasteiger partial charge in [-0.3, -0.25) is 0 Å². The zero-order valence-electron chi connectivity index (χ0n) is 12.8. The molecular weight excluding hydrogens is 315 g/mol. The molecule has 124 valence electrons. The van der Waals surface area contributed by atoms with E-state index in [-0.39, 0.29) is 0 Å². The third-order valence-corrected chi connectivity index (χ3v) is 3.46. The maximum Gasteiger partial charge on any atom is 0.407 e. The minimum Gasteiger partial charge on any atom is -0.465 e. The first-order valence-electron chi connectivity index (χ1n) is 7.19. The van der Waals surface area contributed by atoms with Gasteiger partial charge >= 0.3 is 6.09 Å². The zero-order chi connectivity index (χ0) is 17.1. The standard InChI is InChI=1S/C15H15FN6O2/c1-21(15(23)24)7-6-18-13-2-3-14-19-9-11(22(14)20-13)10-4-5-17-12(16)8-10/h2-5,8-9H,6-7H2,1H3,(H,18,20)(H,23,24). The number of nitrogens with one attached hydrogen (secondary N) is 1. The van der Waals surface area contributed by atoms with Crippen LogP contribution in [0.5, 0.6) is 0 Å². The van der Waals surface area contributed by atoms with E-state index in [1.54, 1.807) is 28.9 Å². The van der Waals surface area contributed by atoms with Crippen molar-refractivity contribution in [2.75, 3.05) is 25.5 Å². The molecule has 9 heteroatoms. The molecule has 3 aromatic heterocycles. The van der Waals surface area contributed by atoms with Gasteiger partial charge in [0.2, 0.25) is 5.95 Å². The van der Waals surface area contributed by atoms with Gasteiger partial charge in [-0.1, -0.05) is 0 Å². The second kappa shape index (κ2) is 6.49. The summed E-state index contributed by atoms with van der Waals surface area (Å²) in [6.45, 7) is 0.733. The number of hydrogen-bond acceptors (Lipinski definition) is 5. The minimum absolute atomic E-state index is 0.321. The van der Waals surface area contributed by atoms with E-state index in [0.717, 1.165) is 0 Å². The molecule has 0 aliphatic heterocycles. The van der Waals surface area contributed by atoms with Gasteiger partial charge < -0.3 is 15.3 Å². The molecule has 24 heavy (non-hydrogen) atoms. The number of rotatable bonds is 5. The number of anilines is 1. The van der Waals surface area contributed by atoms with Crippen LogP contribution in [-0.4, -0.2) is 55.8 Å². The number of imidazole rings is 1. The van der Waals surface area contributed by atoms with E-state index in [0.29, 0.717) is 35.8 Å². The fraction of sp³-hybridized carbons (Fsp3) is 0.200. The van der Waals surface area contributed by atoms with Crippen LogP contribution in [0, 0.1) is 5.95 Å². The monoisotopic (exact) mass is 330 g/mol. The summed E-state index contributed by atoms with van der Waals surface area (Å²) in [4.78, 5) is 19.7. The molecule has 1 amide bonds. The number of nitrogens with zero attached hydrogens (tertiary/aromatic N) is 5. The highest BCUT2D eigenvalue weighted by Gasteiger charge is 2.09. The molecule has 0 bridgehead atoms. The van der Waals surface area contributed by atoms with Crippen LogP contribution < -0.4 is 5.32 Å². The number of amides is 1. The van der Waals surface area contributed by atoms with Crippen molar-refractivity contribution in [3.8, 4) is 11.3 Å². The Kier molecular flexibility index (Phi) is 4.23. The predicted octanol–water partition coefficient (Wildman–Crippen LogP) is 1.95. The van der Waals surface area contributed by atoms with Crippen molar-refractivity contribution in [3.63, 3.8) is 0 Å². The van der Waals surface area contributed by atoms with Crippen LogP contribution in [0.15, 0.2) is 36.7 Å². The number of carbonyl (C=O) groups is 1. The Labute approximate surface area is 136 Å². The molecule has 0 unspecified atom stereocenters. The second-order valence-electron chi connectivity index (χ2n) is 5.13. The second-order valence-corrected chi connectivity index (χ2v) is 5.13. The zero-order valence-corrected chi connectivity index (χ0v) is 12.8. The Balaban J connectivity index is 1.82. The molecule has 8 nitrogen and oxygen atoms in total. The van der Waals surface area contributed by atoms with Crippen molar-refractivity contribution in [1.82, 2.24) is 24.5 Å². The maximum atomic E-state index is 13.3. The summed E-state index contributed by atoms with van der Waals surface area (Å²) in [5, 5.41) is 16.3. The first kappa shape index (κ1) is 15.7. The quantitative estimate of drug-likeness (QED) is 0.694. The highest BCUT2D eigenvalue weighted by Crippen LogP contribution is 2.20. The Hall–Kier alpha value is -3.23. The summed E-state index contributed by atoms with van der Waals surface area (Å²) >= 11 is 0. The largest absolute Gasteiger partial charge is 0.465 e. The molecule has 0 spiro atoms. The van der Waals surface area contributed by atoms with Crippen LogP contribution in [-0.2, 0) is 0 Å². The Morgan fingerprint density at radius 3 is 2.96 bits per heavy atom. The fourth-order valence-corrected chi connectivity index (χ4v) is 2.17.